The lowest BCUT2D eigenvalue weighted by Crippen LogP contribution is -2.46. The molecule has 1 aliphatic rings. The first kappa shape index (κ1) is 17.2. The van der Waals surface area contributed by atoms with E-state index in [1.165, 1.54) is 0 Å². The van der Waals surface area contributed by atoms with Gasteiger partial charge in [-0.05, 0) is 34.6 Å². The van der Waals surface area contributed by atoms with Crippen molar-refractivity contribution >= 4 is 31.9 Å². The van der Waals surface area contributed by atoms with Crippen LogP contribution in [0.2, 0.25) is 0 Å². The van der Waals surface area contributed by atoms with E-state index in [1.54, 1.807) is 7.11 Å². The summed E-state index contributed by atoms with van der Waals surface area (Å²) in [7, 11) is 1.70. The second-order valence-electron chi connectivity index (χ2n) is 5.10. The van der Waals surface area contributed by atoms with Crippen molar-refractivity contribution in [3.8, 4) is 5.75 Å². The third kappa shape index (κ3) is 4.93. The van der Waals surface area contributed by atoms with E-state index in [-0.39, 0.29) is 6.10 Å². The summed E-state index contributed by atoms with van der Waals surface area (Å²) in [5.74, 6) is 0.880. The molecule has 0 bridgehead atoms. The van der Waals surface area contributed by atoms with Gasteiger partial charge in [0.25, 0.3) is 0 Å². The maximum atomic E-state index is 5.80. The highest BCUT2D eigenvalue weighted by Gasteiger charge is 2.19. The van der Waals surface area contributed by atoms with Crippen LogP contribution in [-0.2, 0) is 11.3 Å². The molecular weight excluding hydrogens is 400 g/mol. The Morgan fingerprint density at radius 1 is 1.43 bits per heavy atom. The van der Waals surface area contributed by atoms with Crippen molar-refractivity contribution in [1.82, 2.24) is 10.2 Å². The van der Waals surface area contributed by atoms with Crippen LogP contribution in [0.4, 0.5) is 0 Å². The molecule has 1 fully saturated rings. The second-order valence-corrected chi connectivity index (χ2v) is 6.87. The van der Waals surface area contributed by atoms with Crippen LogP contribution in [0.5, 0.6) is 5.75 Å². The molecule has 0 radical (unpaired) electrons. The quantitative estimate of drug-likeness (QED) is 0.765. The third-order valence-corrected chi connectivity index (χ3v) is 4.69. The lowest BCUT2D eigenvalue weighted by atomic mass is 10.2. The Morgan fingerprint density at radius 3 is 2.95 bits per heavy atom. The van der Waals surface area contributed by atoms with Crippen molar-refractivity contribution < 1.29 is 9.47 Å². The number of nitrogens with zero attached hydrogens (tertiary/aromatic N) is 1. The van der Waals surface area contributed by atoms with Gasteiger partial charge in [-0.15, -0.1) is 0 Å². The summed E-state index contributed by atoms with van der Waals surface area (Å²) >= 11 is 7.05. The van der Waals surface area contributed by atoms with Crippen molar-refractivity contribution in [2.24, 2.45) is 0 Å². The van der Waals surface area contributed by atoms with Crippen molar-refractivity contribution in [2.75, 3.05) is 39.9 Å². The summed E-state index contributed by atoms with van der Waals surface area (Å²) in [6, 6.07) is 4.07. The number of hydrogen-bond donors (Lipinski definition) is 1. The molecule has 0 amide bonds. The Labute approximate surface area is 143 Å². The summed E-state index contributed by atoms with van der Waals surface area (Å²) in [4.78, 5) is 2.42. The first-order chi connectivity index (χ1) is 10.1. The van der Waals surface area contributed by atoms with Crippen LogP contribution >= 0.6 is 31.9 Å². The van der Waals surface area contributed by atoms with E-state index in [9.17, 15) is 0 Å². The highest BCUT2D eigenvalue weighted by molar-refractivity contribution is 9.11. The Kier molecular flexibility index (Phi) is 6.95. The van der Waals surface area contributed by atoms with Gasteiger partial charge < -0.3 is 14.8 Å². The number of ether oxygens (including phenoxy) is 2. The predicted molar refractivity (Wildman–Crippen MR) is 92.0 cm³/mol. The molecule has 118 valence electrons. The van der Waals surface area contributed by atoms with E-state index in [2.05, 4.69) is 55.1 Å². The molecule has 1 aromatic rings. The number of rotatable bonds is 6. The van der Waals surface area contributed by atoms with Gasteiger partial charge in [0.05, 0.1) is 24.3 Å². The Morgan fingerprint density at radius 2 is 2.24 bits per heavy atom. The van der Waals surface area contributed by atoms with E-state index in [4.69, 9.17) is 9.47 Å². The molecule has 0 saturated carbocycles. The molecule has 1 saturated heterocycles. The molecule has 1 aliphatic heterocycles. The second kappa shape index (κ2) is 8.48. The van der Waals surface area contributed by atoms with Crippen LogP contribution in [0.3, 0.4) is 0 Å². The SMILES string of the molecule is CCN1CCOC(CNCc2cc(Br)cc(Br)c2OC)C1. The highest BCUT2D eigenvalue weighted by atomic mass is 79.9. The fourth-order valence-electron chi connectivity index (χ4n) is 2.53. The zero-order chi connectivity index (χ0) is 15.2. The molecule has 6 heteroatoms. The normalized spacial score (nSPS) is 19.7. The Balaban J connectivity index is 1.88. The van der Waals surface area contributed by atoms with Crippen molar-refractivity contribution in [1.29, 1.82) is 0 Å². The van der Waals surface area contributed by atoms with Gasteiger partial charge in [-0.25, -0.2) is 0 Å². The molecule has 4 nitrogen and oxygen atoms in total. The summed E-state index contributed by atoms with van der Waals surface area (Å²) in [5.41, 5.74) is 1.13. The standard InChI is InChI=1S/C15H22Br2N2O2/c1-3-19-4-5-21-13(10-19)9-18-8-11-6-12(16)7-14(17)15(11)20-2/h6-7,13,18H,3-5,8-10H2,1-2H3. The minimum absolute atomic E-state index is 0.264. The summed E-state index contributed by atoms with van der Waals surface area (Å²) in [6.07, 6.45) is 0.264. The molecule has 1 heterocycles. The molecule has 1 aromatic carbocycles. The molecule has 21 heavy (non-hydrogen) atoms. The van der Waals surface area contributed by atoms with Crippen LogP contribution in [0.1, 0.15) is 12.5 Å². The van der Waals surface area contributed by atoms with Gasteiger partial charge in [-0.1, -0.05) is 22.9 Å². The summed E-state index contributed by atoms with van der Waals surface area (Å²) in [5, 5.41) is 3.47. The lowest BCUT2D eigenvalue weighted by Gasteiger charge is -2.32. The highest BCUT2D eigenvalue weighted by Crippen LogP contribution is 2.32. The number of likely N-dealkylation sites (N-methyl/N-ethyl adjacent to an activating group) is 1. The van der Waals surface area contributed by atoms with Crippen LogP contribution < -0.4 is 10.1 Å². The zero-order valence-corrected chi connectivity index (χ0v) is 15.7. The molecule has 1 atom stereocenters. The van der Waals surface area contributed by atoms with Gasteiger partial charge in [0.2, 0.25) is 0 Å². The van der Waals surface area contributed by atoms with Crippen molar-refractivity contribution in [3.05, 3.63) is 26.6 Å². The number of morpholine rings is 1. The number of nitrogens with one attached hydrogen (secondary N) is 1. The summed E-state index contributed by atoms with van der Waals surface area (Å²) in [6.45, 7) is 7.76. The maximum absolute atomic E-state index is 5.80. The largest absolute Gasteiger partial charge is 0.495 e. The van der Waals surface area contributed by atoms with Gasteiger partial charge in [0, 0.05) is 36.2 Å². The minimum atomic E-state index is 0.264. The zero-order valence-electron chi connectivity index (χ0n) is 12.5. The molecule has 2 rings (SSSR count). The van der Waals surface area contributed by atoms with Gasteiger partial charge in [0.1, 0.15) is 5.75 Å². The smallest absolute Gasteiger partial charge is 0.137 e. The number of hydrogen-bond acceptors (Lipinski definition) is 4. The molecule has 0 aliphatic carbocycles. The van der Waals surface area contributed by atoms with Crippen molar-refractivity contribution in [3.63, 3.8) is 0 Å². The number of methoxy groups -OCH3 is 1. The number of benzene rings is 1. The van der Waals surface area contributed by atoms with Crippen LogP contribution in [-0.4, -0.2) is 50.9 Å². The van der Waals surface area contributed by atoms with Gasteiger partial charge >= 0.3 is 0 Å². The van der Waals surface area contributed by atoms with E-state index in [0.29, 0.717) is 0 Å². The average molecular weight is 422 g/mol. The van der Waals surface area contributed by atoms with Crippen molar-refractivity contribution in [2.45, 2.75) is 19.6 Å². The van der Waals surface area contributed by atoms with E-state index >= 15 is 0 Å². The monoisotopic (exact) mass is 420 g/mol. The number of halogens is 2. The van der Waals surface area contributed by atoms with Crippen LogP contribution in [0, 0.1) is 0 Å². The fraction of sp³-hybridized carbons (Fsp3) is 0.600. The third-order valence-electron chi connectivity index (χ3n) is 3.65. The maximum Gasteiger partial charge on any atom is 0.137 e. The van der Waals surface area contributed by atoms with Crippen LogP contribution in [0.25, 0.3) is 0 Å². The molecule has 0 aromatic heterocycles. The summed E-state index contributed by atoms with van der Waals surface area (Å²) < 4.78 is 13.3. The van der Waals surface area contributed by atoms with Crippen LogP contribution in [0.15, 0.2) is 21.1 Å². The van der Waals surface area contributed by atoms with E-state index in [1.807, 2.05) is 6.07 Å². The topological polar surface area (TPSA) is 33.7 Å². The lowest BCUT2D eigenvalue weighted by molar-refractivity contribution is -0.0253. The molecular formula is C15H22Br2N2O2. The minimum Gasteiger partial charge on any atom is -0.495 e. The van der Waals surface area contributed by atoms with Gasteiger partial charge in [-0.2, -0.15) is 0 Å². The first-order valence-electron chi connectivity index (χ1n) is 7.20. The molecule has 1 N–H and O–H groups in total. The Hall–Kier alpha value is -0.140. The fourth-order valence-corrected chi connectivity index (χ4v) is 4.01. The first-order valence-corrected chi connectivity index (χ1v) is 8.79. The van der Waals surface area contributed by atoms with Gasteiger partial charge in [0.15, 0.2) is 0 Å². The average Bonchev–Trinajstić information content (AvgIpc) is 2.47. The van der Waals surface area contributed by atoms with Gasteiger partial charge in [-0.3, -0.25) is 4.90 Å². The Bertz CT molecular complexity index is 471. The molecule has 0 spiro atoms. The predicted octanol–water partition coefficient (Wildman–Crippen LogP) is 3.03. The van der Waals surface area contributed by atoms with E-state index in [0.717, 1.165) is 59.6 Å². The van der Waals surface area contributed by atoms with E-state index < -0.39 is 0 Å². The molecule has 1 unspecified atom stereocenters.